The highest BCUT2D eigenvalue weighted by atomic mass is 19.1. The molecular weight excluding hydrogens is 215 g/mol. The number of fused-ring (bicyclic) bond motifs is 1. The van der Waals surface area contributed by atoms with Crippen LogP contribution in [-0.2, 0) is 0 Å². The van der Waals surface area contributed by atoms with Crippen molar-refractivity contribution in [3.63, 3.8) is 0 Å². The van der Waals surface area contributed by atoms with Gasteiger partial charge in [0.15, 0.2) is 0 Å². The summed E-state index contributed by atoms with van der Waals surface area (Å²) in [4.78, 5) is 4.36. The fourth-order valence-electron chi connectivity index (χ4n) is 2.49. The van der Waals surface area contributed by atoms with Gasteiger partial charge in [0.1, 0.15) is 5.82 Å². The highest BCUT2D eigenvalue weighted by Crippen LogP contribution is 2.26. The Labute approximate surface area is 99.9 Å². The zero-order valence-electron chi connectivity index (χ0n) is 9.62. The predicted molar refractivity (Wildman–Crippen MR) is 66.5 cm³/mol. The number of hydrogen-bond acceptors (Lipinski definition) is 2. The first kappa shape index (κ1) is 10.7. The fraction of sp³-hybridized carbons (Fsp3) is 0.357. The Morgan fingerprint density at radius 2 is 2.00 bits per heavy atom. The molecule has 2 aromatic rings. The Morgan fingerprint density at radius 1 is 1.18 bits per heavy atom. The number of nitrogens with one attached hydrogen (secondary N) is 1. The molecule has 0 atom stereocenters. The molecule has 1 aliphatic heterocycles. The van der Waals surface area contributed by atoms with Crippen LogP contribution in [0.5, 0.6) is 0 Å². The molecule has 1 aromatic carbocycles. The van der Waals surface area contributed by atoms with Gasteiger partial charge < -0.3 is 5.32 Å². The van der Waals surface area contributed by atoms with Crippen molar-refractivity contribution < 1.29 is 4.39 Å². The molecule has 1 saturated heterocycles. The van der Waals surface area contributed by atoms with Crippen molar-refractivity contribution in [2.45, 2.75) is 18.8 Å². The second-order valence-corrected chi connectivity index (χ2v) is 4.63. The van der Waals surface area contributed by atoms with E-state index < -0.39 is 0 Å². The van der Waals surface area contributed by atoms with Gasteiger partial charge in [-0.3, -0.25) is 4.98 Å². The van der Waals surface area contributed by atoms with Gasteiger partial charge in [0.2, 0.25) is 0 Å². The zero-order chi connectivity index (χ0) is 11.7. The van der Waals surface area contributed by atoms with Crippen molar-refractivity contribution in [3.8, 4) is 0 Å². The highest BCUT2D eigenvalue weighted by molar-refractivity contribution is 5.79. The third-order valence-corrected chi connectivity index (χ3v) is 3.48. The Hall–Kier alpha value is -1.48. The molecule has 0 spiro atoms. The van der Waals surface area contributed by atoms with Crippen molar-refractivity contribution in [2.75, 3.05) is 13.1 Å². The summed E-state index contributed by atoms with van der Waals surface area (Å²) >= 11 is 0. The van der Waals surface area contributed by atoms with Crippen LogP contribution in [0.2, 0.25) is 0 Å². The minimum absolute atomic E-state index is 0.223. The summed E-state index contributed by atoms with van der Waals surface area (Å²) < 4.78 is 13.0. The van der Waals surface area contributed by atoms with Crippen LogP contribution in [-0.4, -0.2) is 18.1 Å². The number of piperidine rings is 1. The van der Waals surface area contributed by atoms with E-state index in [0.717, 1.165) is 36.8 Å². The van der Waals surface area contributed by atoms with E-state index in [9.17, 15) is 4.39 Å². The van der Waals surface area contributed by atoms with Crippen LogP contribution in [0, 0.1) is 5.82 Å². The summed E-state index contributed by atoms with van der Waals surface area (Å²) in [5.41, 5.74) is 2.02. The molecule has 88 valence electrons. The largest absolute Gasteiger partial charge is 0.317 e. The second kappa shape index (κ2) is 4.41. The standard InChI is InChI=1S/C14H15FN2/c15-13-2-1-11-7-12(9-17-14(11)8-13)10-3-5-16-6-4-10/h1-2,7-10,16H,3-6H2. The SMILES string of the molecule is Fc1ccc2cc(C3CCNCC3)cnc2c1. The van der Waals surface area contributed by atoms with Gasteiger partial charge in [0.25, 0.3) is 0 Å². The van der Waals surface area contributed by atoms with Crippen LogP contribution in [0.4, 0.5) is 4.39 Å². The highest BCUT2D eigenvalue weighted by Gasteiger charge is 2.15. The molecule has 2 nitrogen and oxygen atoms in total. The third kappa shape index (κ3) is 2.15. The fourth-order valence-corrected chi connectivity index (χ4v) is 2.49. The lowest BCUT2D eigenvalue weighted by atomic mass is 9.91. The Kier molecular flexibility index (Phi) is 2.77. The molecule has 3 rings (SSSR count). The smallest absolute Gasteiger partial charge is 0.125 e. The average Bonchev–Trinajstić information content (AvgIpc) is 2.39. The van der Waals surface area contributed by atoms with E-state index in [1.807, 2.05) is 12.3 Å². The molecule has 0 radical (unpaired) electrons. The van der Waals surface area contributed by atoms with Crippen molar-refractivity contribution >= 4 is 10.9 Å². The molecule has 0 saturated carbocycles. The Morgan fingerprint density at radius 3 is 2.82 bits per heavy atom. The molecule has 17 heavy (non-hydrogen) atoms. The maximum absolute atomic E-state index is 13.0. The van der Waals surface area contributed by atoms with Crippen LogP contribution in [0.25, 0.3) is 10.9 Å². The minimum Gasteiger partial charge on any atom is -0.317 e. The lowest BCUT2D eigenvalue weighted by Gasteiger charge is -2.22. The van der Waals surface area contributed by atoms with Crippen molar-refractivity contribution in [3.05, 3.63) is 41.8 Å². The van der Waals surface area contributed by atoms with Gasteiger partial charge in [0.05, 0.1) is 5.52 Å². The molecule has 2 heterocycles. The van der Waals surface area contributed by atoms with Crippen LogP contribution in [0.3, 0.4) is 0 Å². The van der Waals surface area contributed by atoms with Crippen LogP contribution >= 0.6 is 0 Å². The van der Waals surface area contributed by atoms with Crippen LogP contribution in [0.1, 0.15) is 24.3 Å². The number of rotatable bonds is 1. The monoisotopic (exact) mass is 230 g/mol. The molecular formula is C14H15FN2. The van der Waals surface area contributed by atoms with Crippen molar-refractivity contribution in [2.24, 2.45) is 0 Å². The molecule has 1 fully saturated rings. The Balaban J connectivity index is 1.98. The van der Waals surface area contributed by atoms with Crippen molar-refractivity contribution in [1.82, 2.24) is 10.3 Å². The van der Waals surface area contributed by atoms with Crippen molar-refractivity contribution in [1.29, 1.82) is 0 Å². The summed E-state index contributed by atoms with van der Waals surface area (Å²) in [5.74, 6) is 0.373. The summed E-state index contributed by atoms with van der Waals surface area (Å²) in [6, 6.07) is 6.94. The number of aromatic nitrogens is 1. The van der Waals surface area contributed by atoms with Gasteiger partial charge >= 0.3 is 0 Å². The number of pyridine rings is 1. The summed E-state index contributed by atoms with van der Waals surface area (Å²) in [7, 11) is 0. The normalized spacial score (nSPS) is 17.5. The second-order valence-electron chi connectivity index (χ2n) is 4.63. The van der Waals surface area contributed by atoms with E-state index in [1.54, 1.807) is 0 Å². The summed E-state index contributed by atoms with van der Waals surface area (Å²) in [5, 5.41) is 4.39. The first-order valence-corrected chi connectivity index (χ1v) is 6.09. The minimum atomic E-state index is -0.223. The number of hydrogen-bond donors (Lipinski definition) is 1. The van der Waals surface area contributed by atoms with Gasteiger partial charge in [0, 0.05) is 17.6 Å². The van der Waals surface area contributed by atoms with E-state index in [-0.39, 0.29) is 5.82 Å². The van der Waals surface area contributed by atoms with E-state index in [2.05, 4.69) is 16.4 Å². The maximum Gasteiger partial charge on any atom is 0.125 e. The van der Waals surface area contributed by atoms with E-state index in [4.69, 9.17) is 0 Å². The van der Waals surface area contributed by atoms with Gasteiger partial charge in [-0.05, 0) is 55.6 Å². The lowest BCUT2D eigenvalue weighted by molar-refractivity contribution is 0.460. The van der Waals surface area contributed by atoms with Gasteiger partial charge in [-0.25, -0.2) is 4.39 Å². The average molecular weight is 230 g/mol. The quantitative estimate of drug-likeness (QED) is 0.814. The molecule has 0 aliphatic carbocycles. The first-order valence-electron chi connectivity index (χ1n) is 6.09. The van der Waals surface area contributed by atoms with Gasteiger partial charge in [-0.2, -0.15) is 0 Å². The first-order chi connectivity index (χ1) is 8.33. The number of benzene rings is 1. The molecule has 3 heteroatoms. The van der Waals surface area contributed by atoms with E-state index in [1.165, 1.54) is 17.7 Å². The number of halogens is 1. The third-order valence-electron chi connectivity index (χ3n) is 3.48. The predicted octanol–water partition coefficient (Wildman–Crippen LogP) is 2.84. The van der Waals surface area contributed by atoms with Gasteiger partial charge in [-0.1, -0.05) is 0 Å². The van der Waals surface area contributed by atoms with E-state index >= 15 is 0 Å². The maximum atomic E-state index is 13.0. The topological polar surface area (TPSA) is 24.9 Å². The number of nitrogens with zero attached hydrogens (tertiary/aromatic N) is 1. The van der Waals surface area contributed by atoms with Crippen LogP contribution in [0.15, 0.2) is 30.5 Å². The molecule has 0 unspecified atom stereocenters. The summed E-state index contributed by atoms with van der Waals surface area (Å²) in [6.45, 7) is 2.15. The van der Waals surface area contributed by atoms with E-state index in [0.29, 0.717) is 5.92 Å². The van der Waals surface area contributed by atoms with Gasteiger partial charge in [-0.15, -0.1) is 0 Å². The Bertz CT molecular complexity index is 533. The summed E-state index contributed by atoms with van der Waals surface area (Å²) in [6.07, 6.45) is 4.22. The molecule has 1 N–H and O–H groups in total. The zero-order valence-corrected chi connectivity index (χ0v) is 9.62. The molecule has 1 aromatic heterocycles. The lowest BCUT2D eigenvalue weighted by Crippen LogP contribution is -2.26. The molecule has 1 aliphatic rings. The van der Waals surface area contributed by atoms with Crippen LogP contribution < -0.4 is 5.32 Å². The molecule has 0 bridgehead atoms. The molecule has 0 amide bonds.